The maximum absolute atomic E-state index is 4.69. The molecule has 23 heavy (non-hydrogen) atoms. The van der Waals surface area contributed by atoms with Crippen molar-refractivity contribution in [1.82, 2.24) is 9.97 Å². The number of para-hydroxylation sites is 2. The average Bonchev–Trinajstić information content (AvgIpc) is 2.54. The fourth-order valence-corrected chi connectivity index (χ4v) is 2.42. The molecule has 0 radical (unpaired) electrons. The average molecular weight is 434 g/mol. The van der Waals surface area contributed by atoms with Crippen molar-refractivity contribution in [2.24, 2.45) is 0 Å². The summed E-state index contributed by atoms with van der Waals surface area (Å²) in [5.74, 6) is 0. The topological polar surface area (TPSA) is 25.8 Å². The van der Waals surface area contributed by atoms with Crippen molar-refractivity contribution < 1.29 is 45.2 Å². The van der Waals surface area contributed by atoms with E-state index >= 15 is 0 Å². The normalized spacial score (nSPS) is 9.57. The summed E-state index contributed by atoms with van der Waals surface area (Å²) >= 11 is 0. The zero-order valence-corrected chi connectivity index (χ0v) is 15.0. The van der Waals surface area contributed by atoms with Crippen LogP contribution in [0.1, 0.15) is 0 Å². The number of hydrogen-bond acceptors (Lipinski definition) is 2. The zero-order valence-electron chi connectivity index (χ0n) is 11.9. The first-order valence-corrected chi connectivity index (χ1v) is 6.62. The molecule has 0 amide bonds. The van der Waals surface area contributed by atoms with Crippen LogP contribution in [0, 0.1) is 0 Å². The summed E-state index contributed by atoms with van der Waals surface area (Å²) in [7, 11) is 0. The van der Waals surface area contributed by atoms with Crippen molar-refractivity contribution in [1.29, 1.82) is 0 Å². The Morgan fingerprint density at radius 2 is 0.870 bits per heavy atom. The van der Waals surface area contributed by atoms with E-state index in [9.17, 15) is 0 Å². The summed E-state index contributed by atoms with van der Waals surface area (Å²) in [4.78, 5) is 9.38. The van der Waals surface area contributed by atoms with Gasteiger partial charge in [0.2, 0.25) is 0 Å². The van der Waals surface area contributed by atoms with Crippen molar-refractivity contribution in [3.05, 3.63) is 72.8 Å². The Kier molecular flexibility index (Phi) is 7.12. The summed E-state index contributed by atoms with van der Waals surface area (Å²) in [6.07, 6.45) is 0. The number of nitrogens with zero attached hydrogens (tertiary/aromatic N) is 2. The summed E-state index contributed by atoms with van der Waals surface area (Å²) in [6, 6.07) is 24.5. The molecule has 0 unspecified atom stereocenters. The van der Waals surface area contributed by atoms with Gasteiger partial charge in [-0.15, -0.1) is 0 Å². The number of rotatable bonds is 1. The molecule has 0 aliphatic heterocycles. The molecule has 0 bridgehead atoms. The van der Waals surface area contributed by atoms with Crippen LogP contribution < -0.4 is 24.8 Å². The summed E-state index contributed by atoms with van der Waals surface area (Å²) in [5.41, 5.74) is 3.82. The second-order valence-corrected chi connectivity index (χ2v) is 4.78. The molecular formula is C18H12Cl2N2Pd. The van der Waals surface area contributed by atoms with Crippen molar-refractivity contribution in [2.75, 3.05) is 0 Å². The van der Waals surface area contributed by atoms with Gasteiger partial charge in [-0.25, -0.2) is 9.97 Å². The largest absolute Gasteiger partial charge is 2.00 e. The molecule has 2 nitrogen and oxygen atoms in total. The van der Waals surface area contributed by atoms with Gasteiger partial charge in [-0.1, -0.05) is 48.5 Å². The van der Waals surface area contributed by atoms with Crippen LogP contribution in [0.25, 0.3) is 33.2 Å². The van der Waals surface area contributed by atoms with Crippen LogP contribution in [-0.4, -0.2) is 9.97 Å². The van der Waals surface area contributed by atoms with E-state index in [1.807, 2.05) is 48.5 Å². The minimum Gasteiger partial charge on any atom is -1.00 e. The fourth-order valence-electron chi connectivity index (χ4n) is 2.42. The Morgan fingerprint density at radius 3 is 1.30 bits per heavy atom. The predicted octanol–water partition coefficient (Wildman–Crippen LogP) is -1.54. The number of pyridine rings is 2. The number of halogens is 2. The van der Waals surface area contributed by atoms with Crippen LogP contribution in [0.3, 0.4) is 0 Å². The first-order valence-electron chi connectivity index (χ1n) is 6.62. The van der Waals surface area contributed by atoms with Crippen LogP contribution in [0.15, 0.2) is 72.8 Å². The minimum absolute atomic E-state index is 0. The fraction of sp³-hybridized carbons (Fsp3) is 0. The first kappa shape index (κ1) is 19.5. The summed E-state index contributed by atoms with van der Waals surface area (Å²) < 4.78 is 0. The number of aromatic nitrogens is 2. The molecule has 4 rings (SSSR count). The molecule has 0 aliphatic carbocycles. The molecule has 4 aromatic rings. The van der Waals surface area contributed by atoms with Crippen LogP contribution in [0.2, 0.25) is 0 Å². The third-order valence-corrected chi connectivity index (χ3v) is 3.46. The minimum atomic E-state index is 0. The molecule has 5 heteroatoms. The quantitative estimate of drug-likeness (QED) is 0.340. The SMILES string of the molecule is [Cl-].[Cl-].[Pd+2].c1ccc2nc(-c3ccc4ccccc4n3)ccc2c1. The Morgan fingerprint density at radius 1 is 0.478 bits per heavy atom. The maximum Gasteiger partial charge on any atom is 2.00 e. The third kappa shape index (κ3) is 3.89. The van der Waals surface area contributed by atoms with Gasteiger partial charge in [-0.2, -0.15) is 0 Å². The Labute approximate surface area is 160 Å². The molecule has 0 atom stereocenters. The molecule has 0 aliphatic rings. The van der Waals surface area contributed by atoms with Gasteiger partial charge in [0.05, 0.1) is 22.4 Å². The van der Waals surface area contributed by atoms with Crippen molar-refractivity contribution in [2.45, 2.75) is 0 Å². The molecule has 2 aromatic carbocycles. The van der Waals surface area contributed by atoms with E-state index in [-0.39, 0.29) is 45.2 Å². The number of benzene rings is 2. The zero-order chi connectivity index (χ0) is 13.4. The maximum atomic E-state index is 4.69. The molecule has 118 valence electrons. The van der Waals surface area contributed by atoms with E-state index in [1.54, 1.807) is 0 Å². The molecule has 2 heterocycles. The molecule has 0 saturated heterocycles. The Bertz CT molecular complexity index is 851. The van der Waals surface area contributed by atoms with E-state index < -0.39 is 0 Å². The van der Waals surface area contributed by atoms with Crippen LogP contribution >= 0.6 is 0 Å². The van der Waals surface area contributed by atoms with E-state index in [0.29, 0.717) is 0 Å². The van der Waals surface area contributed by atoms with Crippen molar-refractivity contribution in [3.8, 4) is 11.4 Å². The first-order chi connectivity index (χ1) is 9.90. The van der Waals surface area contributed by atoms with E-state index in [4.69, 9.17) is 0 Å². The van der Waals surface area contributed by atoms with E-state index in [0.717, 1.165) is 33.2 Å². The molecule has 2 aromatic heterocycles. The molecule has 0 saturated carbocycles. The van der Waals surface area contributed by atoms with Crippen LogP contribution in [0.5, 0.6) is 0 Å². The number of fused-ring (bicyclic) bond motifs is 2. The molecule has 0 spiro atoms. The molecule has 0 fully saturated rings. The van der Waals surface area contributed by atoms with Gasteiger partial charge in [0.1, 0.15) is 0 Å². The van der Waals surface area contributed by atoms with Crippen LogP contribution in [-0.2, 0) is 20.4 Å². The van der Waals surface area contributed by atoms with Gasteiger partial charge in [0.25, 0.3) is 0 Å². The van der Waals surface area contributed by atoms with Crippen molar-refractivity contribution in [3.63, 3.8) is 0 Å². The molecular weight excluding hydrogens is 422 g/mol. The monoisotopic (exact) mass is 432 g/mol. The van der Waals surface area contributed by atoms with E-state index in [1.165, 1.54) is 0 Å². The van der Waals surface area contributed by atoms with Crippen molar-refractivity contribution >= 4 is 21.8 Å². The Hall–Kier alpha value is -1.50. The standard InChI is InChI=1S/C18H12N2.2ClH.Pd/c1-3-7-15-13(5-1)9-11-17(19-15)18-12-10-14-6-2-4-8-16(14)20-18;;;/h1-12H;2*1H;/q;;;+2/p-2. The summed E-state index contributed by atoms with van der Waals surface area (Å²) in [5, 5.41) is 2.30. The van der Waals surface area contributed by atoms with Gasteiger partial charge in [-0.3, -0.25) is 0 Å². The predicted molar refractivity (Wildman–Crippen MR) is 82.5 cm³/mol. The van der Waals surface area contributed by atoms with Gasteiger partial charge in [0, 0.05) is 10.8 Å². The molecule has 0 N–H and O–H groups in total. The second-order valence-electron chi connectivity index (χ2n) is 4.78. The van der Waals surface area contributed by atoms with Gasteiger partial charge >= 0.3 is 20.4 Å². The number of hydrogen-bond donors (Lipinski definition) is 0. The van der Waals surface area contributed by atoms with Gasteiger partial charge in [0.15, 0.2) is 0 Å². The third-order valence-electron chi connectivity index (χ3n) is 3.46. The Balaban J connectivity index is 0.000000882. The summed E-state index contributed by atoms with van der Waals surface area (Å²) in [6.45, 7) is 0. The van der Waals surface area contributed by atoms with E-state index in [2.05, 4.69) is 34.2 Å². The van der Waals surface area contributed by atoms with Gasteiger partial charge < -0.3 is 24.8 Å². The van der Waals surface area contributed by atoms with Crippen LogP contribution in [0.4, 0.5) is 0 Å². The second kappa shape index (κ2) is 8.38. The smallest absolute Gasteiger partial charge is 1.00 e. The van der Waals surface area contributed by atoms with Gasteiger partial charge in [-0.05, 0) is 24.3 Å².